The molecular weight excluding hydrogens is 414 g/mol. The minimum atomic E-state index is -0.185. The van der Waals surface area contributed by atoms with Gasteiger partial charge in [-0.15, -0.1) is 0 Å². The fourth-order valence-electron chi connectivity index (χ4n) is 3.52. The lowest BCUT2D eigenvalue weighted by molar-refractivity contribution is 0.280. The van der Waals surface area contributed by atoms with E-state index in [9.17, 15) is 10.2 Å². The molecule has 0 amide bonds. The summed E-state index contributed by atoms with van der Waals surface area (Å²) in [6, 6.07) is 25.6. The van der Waals surface area contributed by atoms with E-state index in [1.165, 1.54) is 0 Å². The monoisotopic (exact) mass is 437 g/mol. The Morgan fingerprint density at radius 1 is 0.636 bits per heavy atom. The quantitative estimate of drug-likeness (QED) is 0.313. The smallest absolute Gasteiger partial charge is 0.187 e. The first-order chi connectivity index (χ1) is 16.1. The van der Waals surface area contributed by atoms with Gasteiger partial charge in [0, 0.05) is 0 Å². The first-order valence-electron chi connectivity index (χ1n) is 10.5. The third kappa shape index (κ3) is 5.21. The Hall–Kier alpha value is -4.11. The molecule has 0 saturated heterocycles. The topological polar surface area (TPSA) is 63.3 Å². The summed E-state index contributed by atoms with van der Waals surface area (Å²) in [5.41, 5.74) is 4.67. The third-order valence-corrected chi connectivity index (χ3v) is 5.24. The molecule has 0 unspecified atom stereocenters. The van der Waals surface area contributed by atoms with E-state index in [1.807, 2.05) is 55.5 Å². The first kappa shape index (κ1) is 22.1. The molecule has 0 aliphatic heterocycles. The number of hydrogen-bond donors (Lipinski definition) is 2. The fraction of sp³-hybridized carbons (Fsp3) is 0.107. The zero-order chi connectivity index (χ0) is 23.2. The molecule has 0 atom stereocenters. The van der Waals surface area contributed by atoms with Crippen LogP contribution in [0.2, 0.25) is 0 Å². The first-order valence-corrected chi connectivity index (χ1v) is 10.5. The largest absolute Gasteiger partial charge is 0.457 e. The Labute approximate surface area is 192 Å². The average Bonchev–Trinajstić information content (AvgIpc) is 2.86. The van der Waals surface area contributed by atoms with Crippen LogP contribution in [0.25, 0.3) is 16.0 Å². The molecule has 33 heavy (non-hydrogen) atoms. The van der Waals surface area contributed by atoms with E-state index in [1.54, 1.807) is 36.4 Å². The van der Waals surface area contributed by atoms with Crippen LogP contribution in [-0.4, -0.2) is 10.2 Å². The van der Waals surface area contributed by atoms with Crippen molar-refractivity contribution in [3.05, 3.63) is 113 Å². The van der Waals surface area contributed by atoms with E-state index in [-0.39, 0.29) is 13.2 Å². The van der Waals surface area contributed by atoms with Gasteiger partial charge in [-0.3, -0.25) is 0 Å². The Bertz CT molecular complexity index is 1290. The molecule has 5 nitrogen and oxygen atoms in total. The van der Waals surface area contributed by atoms with Crippen LogP contribution in [0.15, 0.2) is 84.9 Å². The molecule has 2 N–H and O–H groups in total. The number of aliphatic hydroxyl groups is 2. The van der Waals surface area contributed by atoms with E-state index in [0.29, 0.717) is 34.1 Å². The fourth-order valence-corrected chi connectivity index (χ4v) is 3.52. The summed E-state index contributed by atoms with van der Waals surface area (Å²) in [5.74, 6) is 2.52. The van der Waals surface area contributed by atoms with E-state index in [4.69, 9.17) is 16.0 Å². The minimum Gasteiger partial charge on any atom is -0.457 e. The average molecular weight is 437 g/mol. The van der Waals surface area contributed by atoms with Gasteiger partial charge in [-0.1, -0.05) is 42.0 Å². The number of ether oxygens (including phenoxy) is 2. The molecule has 0 radical (unpaired) electrons. The second kappa shape index (κ2) is 10.0. The van der Waals surface area contributed by atoms with Crippen LogP contribution >= 0.6 is 0 Å². The lowest BCUT2D eigenvalue weighted by Crippen LogP contribution is -1.96. The lowest BCUT2D eigenvalue weighted by Gasteiger charge is -2.15. The maximum absolute atomic E-state index is 10.00. The van der Waals surface area contributed by atoms with Gasteiger partial charge in [-0.25, -0.2) is 4.85 Å². The van der Waals surface area contributed by atoms with Crippen LogP contribution in [0, 0.1) is 13.5 Å². The molecule has 0 bridgehead atoms. The van der Waals surface area contributed by atoms with Crippen LogP contribution in [0.3, 0.4) is 0 Å². The van der Waals surface area contributed by atoms with Crippen LogP contribution in [0.1, 0.15) is 16.7 Å². The van der Waals surface area contributed by atoms with E-state index < -0.39 is 0 Å². The molecule has 5 heteroatoms. The number of aliphatic hydroxyl groups excluding tert-OH is 2. The molecule has 0 aliphatic rings. The van der Waals surface area contributed by atoms with E-state index in [0.717, 1.165) is 22.4 Å². The summed E-state index contributed by atoms with van der Waals surface area (Å²) in [7, 11) is 0. The second-order valence-corrected chi connectivity index (χ2v) is 7.58. The molecule has 0 saturated carbocycles. The van der Waals surface area contributed by atoms with Gasteiger partial charge in [0.1, 0.15) is 23.0 Å². The summed E-state index contributed by atoms with van der Waals surface area (Å²) in [6.45, 7) is 8.70. The third-order valence-electron chi connectivity index (χ3n) is 5.24. The second-order valence-electron chi connectivity index (χ2n) is 7.58. The summed E-state index contributed by atoms with van der Waals surface area (Å²) >= 11 is 0. The SMILES string of the molecule is [C-]#[N+]c1ccc(Oc2ccc(-c3ccc(Oc4ccc(C)cc4)cc3CO)c(CO)c2)cc1. The molecule has 4 aromatic rings. The van der Waals surface area contributed by atoms with Crippen molar-refractivity contribution in [1.29, 1.82) is 0 Å². The highest BCUT2D eigenvalue weighted by atomic mass is 16.5. The van der Waals surface area contributed by atoms with Gasteiger partial charge < -0.3 is 19.7 Å². The molecule has 0 fully saturated rings. The van der Waals surface area contributed by atoms with Gasteiger partial charge in [0.05, 0.1) is 19.8 Å². The van der Waals surface area contributed by atoms with E-state index >= 15 is 0 Å². The van der Waals surface area contributed by atoms with Crippen molar-refractivity contribution >= 4 is 5.69 Å². The minimum absolute atomic E-state index is 0.170. The number of aryl methyl sites for hydroxylation is 1. The molecule has 0 heterocycles. The van der Waals surface area contributed by atoms with Crippen LogP contribution in [0.4, 0.5) is 5.69 Å². The van der Waals surface area contributed by atoms with Crippen molar-refractivity contribution in [2.24, 2.45) is 0 Å². The molecular formula is C28H23NO4. The van der Waals surface area contributed by atoms with Gasteiger partial charge in [0.25, 0.3) is 0 Å². The van der Waals surface area contributed by atoms with Crippen molar-refractivity contribution in [3.63, 3.8) is 0 Å². The highest BCUT2D eigenvalue weighted by molar-refractivity contribution is 5.72. The maximum atomic E-state index is 10.00. The standard InChI is InChI=1S/C28H23NO4/c1-19-3-7-23(8-4-19)32-25-11-13-27(20(15-25)17-30)28-14-12-26(16-21(28)18-31)33-24-9-5-22(29-2)6-10-24/h3-16,30-31H,17-18H2,1H3. The zero-order valence-corrected chi connectivity index (χ0v) is 18.2. The Morgan fingerprint density at radius 3 is 1.48 bits per heavy atom. The number of hydrogen-bond acceptors (Lipinski definition) is 4. The molecule has 164 valence electrons. The number of benzene rings is 4. The van der Waals surface area contributed by atoms with Gasteiger partial charge >= 0.3 is 0 Å². The lowest BCUT2D eigenvalue weighted by atomic mass is 9.95. The van der Waals surface area contributed by atoms with Gasteiger partial charge in [0.15, 0.2) is 5.69 Å². The van der Waals surface area contributed by atoms with Crippen molar-refractivity contribution < 1.29 is 19.7 Å². The van der Waals surface area contributed by atoms with Gasteiger partial charge in [-0.2, -0.15) is 0 Å². The van der Waals surface area contributed by atoms with Crippen LogP contribution in [-0.2, 0) is 13.2 Å². The van der Waals surface area contributed by atoms with Gasteiger partial charge in [-0.05, 0) is 77.7 Å². The Balaban J connectivity index is 1.60. The van der Waals surface area contributed by atoms with E-state index in [2.05, 4.69) is 4.85 Å². The van der Waals surface area contributed by atoms with Crippen LogP contribution in [0.5, 0.6) is 23.0 Å². The highest BCUT2D eigenvalue weighted by Gasteiger charge is 2.13. The van der Waals surface area contributed by atoms with Crippen LogP contribution < -0.4 is 9.47 Å². The van der Waals surface area contributed by atoms with Crippen molar-refractivity contribution in [2.75, 3.05) is 0 Å². The zero-order valence-electron chi connectivity index (χ0n) is 18.2. The predicted molar refractivity (Wildman–Crippen MR) is 128 cm³/mol. The summed E-state index contributed by atoms with van der Waals surface area (Å²) < 4.78 is 11.8. The number of nitrogens with zero attached hydrogens (tertiary/aromatic N) is 1. The molecule has 4 rings (SSSR count). The Morgan fingerprint density at radius 2 is 1.06 bits per heavy atom. The van der Waals surface area contributed by atoms with Crippen molar-refractivity contribution in [2.45, 2.75) is 20.1 Å². The van der Waals surface area contributed by atoms with Crippen molar-refractivity contribution in [1.82, 2.24) is 0 Å². The van der Waals surface area contributed by atoms with Gasteiger partial charge in [0.2, 0.25) is 0 Å². The molecule has 0 spiro atoms. The maximum Gasteiger partial charge on any atom is 0.187 e. The molecule has 0 aromatic heterocycles. The predicted octanol–water partition coefficient (Wildman–Crippen LogP) is 6.78. The molecule has 4 aromatic carbocycles. The summed E-state index contributed by atoms with van der Waals surface area (Å²) in [6.07, 6.45) is 0. The summed E-state index contributed by atoms with van der Waals surface area (Å²) in [4.78, 5) is 3.37. The highest BCUT2D eigenvalue weighted by Crippen LogP contribution is 2.35. The normalized spacial score (nSPS) is 10.5. The van der Waals surface area contributed by atoms with Crippen molar-refractivity contribution in [3.8, 4) is 34.1 Å². The number of rotatable bonds is 7. The summed E-state index contributed by atoms with van der Waals surface area (Å²) in [5, 5.41) is 20.0. The Kier molecular flexibility index (Phi) is 6.70. The molecule has 0 aliphatic carbocycles.